The molecule has 15 heavy (non-hydrogen) atoms. The lowest BCUT2D eigenvalue weighted by Crippen LogP contribution is -1.94. The summed E-state index contributed by atoms with van der Waals surface area (Å²) in [6.07, 6.45) is 1.54. The molecule has 0 bridgehead atoms. The van der Waals surface area contributed by atoms with E-state index >= 15 is 0 Å². The van der Waals surface area contributed by atoms with E-state index in [1.165, 1.54) is 0 Å². The molecule has 5 heteroatoms. The van der Waals surface area contributed by atoms with Crippen molar-refractivity contribution in [1.82, 2.24) is 10.1 Å². The molecule has 1 aromatic carbocycles. The Morgan fingerprint density at radius 1 is 1.27 bits per heavy atom. The molecule has 0 amide bonds. The van der Waals surface area contributed by atoms with Crippen LogP contribution in [0.2, 0.25) is 0 Å². The normalized spacial score (nSPS) is 10.9. The minimum absolute atomic E-state index is 0.380. The van der Waals surface area contributed by atoms with Crippen LogP contribution in [0.3, 0.4) is 0 Å². The van der Waals surface area contributed by atoms with Gasteiger partial charge in [-0.15, -0.1) is 0 Å². The molecule has 0 radical (unpaired) electrons. The molecule has 0 fully saturated rings. The molecule has 3 rings (SSSR count). The van der Waals surface area contributed by atoms with Gasteiger partial charge in [0.25, 0.3) is 0 Å². The molecule has 1 N–H and O–H groups in total. The third-order valence-corrected chi connectivity index (χ3v) is 2.18. The number of furan rings is 1. The van der Waals surface area contributed by atoms with Gasteiger partial charge in [0.1, 0.15) is 11.8 Å². The van der Waals surface area contributed by atoms with Gasteiger partial charge in [-0.05, 0) is 6.07 Å². The first-order valence-corrected chi connectivity index (χ1v) is 4.37. The van der Waals surface area contributed by atoms with Crippen LogP contribution in [0.1, 0.15) is 0 Å². The average Bonchev–Trinajstić information content (AvgIpc) is 2.83. The Labute approximate surface area is 83.3 Å². The van der Waals surface area contributed by atoms with Gasteiger partial charge in [0.15, 0.2) is 5.82 Å². The third-order valence-electron chi connectivity index (χ3n) is 2.18. The van der Waals surface area contributed by atoms with Gasteiger partial charge in [0, 0.05) is 5.39 Å². The number of hydrogen-bond acceptors (Lipinski definition) is 4. The maximum atomic E-state index is 10.8. The molecule has 74 valence electrons. The zero-order chi connectivity index (χ0) is 10.3. The van der Waals surface area contributed by atoms with Crippen molar-refractivity contribution in [1.29, 1.82) is 0 Å². The molecule has 0 spiro atoms. The van der Waals surface area contributed by atoms with Crippen LogP contribution in [0.4, 0.5) is 0 Å². The molecule has 0 atom stereocenters. The summed E-state index contributed by atoms with van der Waals surface area (Å²) in [5.41, 5.74) is 1.47. The maximum Gasteiger partial charge on any atom is 0.439 e. The fourth-order valence-electron chi connectivity index (χ4n) is 1.51. The average molecular weight is 202 g/mol. The highest BCUT2D eigenvalue weighted by Gasteiger charge is 2.11. The molecule has 0 saturated heterocycles. The number of aromatic amines is 1. The number of fused-ring (bicyclic) bond motifs is 1. The van der Waals surface area contributed by atoms with Crippen LogP contribution in [0, 0.1) is 0 Å². The fourth-order valence-corrected chi connectivity index (χ4v) is 1.51. The van der Waals surface area contributed by atoms with E-state index < -0.39 is 5.76 Å². The lowest BCUT2D eigenvalue weighted by molar-refractivity contribution is 0.388. The molecule has 0 aliphatic rings. The Balaban J connectivity index is 2.32. The van der Waals surface area contributed by atoms with Gasteiger partial charge in [-0.2, -0.15) is 0 Å². The van der Waals surface area contributed by atoms with E-state index in [-0.39, 0.29) is 0 Å². The molecule has 3 aromatic rings. The number of aromatic nitrogens is 2. The molecule has 0 unspecified atom stereocenters. The van der Waals surface area contributed by atoms with Crippen LogP contribution in [0.5, 0.6) is 0 Å². The fraction of sp³-hybridized carbons (Fsp3) is 0. The predicted octanol–water partition coefficient (Wildman–Crippen LogP) is 1.78. The van der Waals surface area contributed by atoms with Gasteiger partial charge in [-0.3, -0.25) is 9.51 Å². The smallest absolute Gasteiger partial charge is 0.439 e. The van der Waals surface area contributed by atoms with Gasteiger partial charge >= 0.3 is 5.76 Å². The molecular weight excluding hydrogens is 196 g/mol. The summed E-state index contributed by atoms with van der Waals surface area (Å²) in [6.45, 7) is 0. The Morgan fingerprint density at radius 2 is 2.13 bits per heavy atom. The van der Waals surface area contributed by atoms with E-state index in [2.05, 4.69) is 14.7 Å². The molecule has 5 nitrogen and oxygen atoms in total. The number of nitrogens with zero attached hydrogens (tertiary/aromatic N) is 1. The highest BCUT2D eigenvalue weighted by Crippen LogP contribution is 2.27. The maximum absolute atomic E-state index is 10.8. The minimum atomic E-state index is -0.574. The molecule has 2 heterocycles. The quantitative estimate of drug-likeness (QED) is 0.652. The monoisotopic (exact) mass is 202 g/mol. The molecule has 0 aliphatic heterocycles. The number of H-pyrrole nitrogens is 1. The van der Waals surface area contributed by atoms with Crippen molar-refractivity contribution in [3.63, 3.8) is 0 Å². The van der Waals surface area contributed by atoms with Crippen molar-refractivity contribution in [2.24, 2.45) is 0 Å². The predicted molar refractivity (Wildman–Crippen MR) is 52.3 cm³/mol. The first-order valence-electron chi connectivity index (χ1n) is 4.37. The van der Waals surface area contributed by atoms with E-state index in [1.54, 1.807) is 6.26 Å². The largest absolute Gasteiger partial charge is 0.464 e. The summed E-state index contributed by atoms with van der Waals surface area (Å²) in [6, 6.07) is 7.50. The number of nitrogens with one attached hydrogen (secondary N) is 1. The number of benzene rings is 1. The second kappa shape index (κ2) is 2.84. The first kappa shape index (κ1) is 8.05. The summed E-state index contributed by atoms with van der Waals surface area (Å²) in [5.74, 6) is -0.194. The van der Waals surface area contributed by atoms with E-state index in [0.717, 1.165) is 16.5 Å². The van der Waals surface area contributed by atoms with Crippen molar-refractivity contribution < 1.29 is 8.94 Å². The van der Waals surface area contributed by atoms with Gasteiger partial charge in [-0.25, -0.2) is 4.79 Å². The number of para-hydroxylation sites is 1. The van der Waals surface area contributed by atoms with Crippen molar-refractivity contribution in [3.05, 3.63) is 41.1 Å². The van der Waals surface area contributed by atoms with Crippen molar-refractivity contribution >= 4 is 11.0 Å². The molecular formula is C10H6N2O3. The van der Waals surface area contributed by atoms with Gasteiger partial charge in [0.05, 0.1) is 5.56 Å². The topological polar surface area (TPSA) is 72.0 Å². The van der Waals surface area contributed by atoms with E-state index in [0.29, 0.717) is 5.82 Å². The van der Waals surface area contributed by atoms with E-state index in [4.69, 9.17) is 4.42 Å². The summed E-state index contributed by atoms with van der Waals surface area (Å²) in [5, 5.41) is 4.50. The van der Waals surface area contributed by atoms with E-state index in [1.807, 2.05) is 24.3 Å². The van der Waals surface area contributed by atoms with Crippen LogP contribution >= 0.6 is 0 Å². The Morgan fingerprint density at radius 3 is 2.93 bits per heavy atom. The third kappa shape index (κ3) is 1.17. The lowest BCUT2D eigenvalue weighted by Gasteiger charge is -1.88. The minimum Gasteiger partial charge on any atom is -0.464 e. The standard InChI is InChI=1S/C10H6N2O3/c13-10-11-9(12-15-10)7-5-14-8-4-2-1-3-6(7)8/h1-5H,(H,11,12,13). The highest BCUT2D eigenvalue weighted by molar-refractivity contribution is 5.91. The van der Waals surface area contributed by atoms with Crippen molar-refractivity contribution in [3.8, 4) is 11.4 Å². The van der Waals surface area contributed by atoms with Crippen LogP contribution in [0.15, 0.2) is 44.3 Å². The number of rotatable bonds is 1. The highest BCUT2D eigenvalue weighted by atomic mass is 16.5. The number of hydrogen-bond donors (Lipinski definition) is 1. The van der Waals surface area contributed by atoms with Crippen LogP contribution < -0.4 is 5.76 Å². The summed E-state index contributed by atoms with van der Waals surface area (Å²) in [7, 11) is 0. The second-order valence-electron chi connectivity index (χ2n) is 3.09. The van der Waals surface area contributed by atoms with Crippen molar-refractivity contribution in [2.75, 3.05) is 0 Å². The van der Waals surface area contributed by atoms with Gasteiger partial charge in [-0.1, -0.05) is 23.4 Å². The van der Waals surface area contributed by atoms with Crippen LogP contribution in [-0.2, 0) is 0 Å². The zero-order valence-corrected chi connectivity index (χ0v) is 7.56. The Hall–Kier alpha value is -2.30. The van der Waals surface area contributed by atoms with Gasteiger partial charge < -0.3 is 4.42 Å². The van der Waals surface area contributed by atoms with Crippen LogP contribution in [-0.4, -0.2) is 10.1 Å². The van der Waals surface area contributed by atoms with E-state index in [9.17, 15) is 4.79 Å². The molecule has 2 aromatic heterocycles. The first-order chi connectivity index (χ1) is 7.34. The lowest BCUT2D eigenvalue weighted by atomic mass is 10.2. The molecule has 0 aliphatic carbocycles. The second-order valence-corrected chi connectivity index (χ2v) is 3.09. The Bertz CT molecular complexity index is 662. The SMILES string of the molecule is O=c1[nH]c(-c2coc3ccccc23)no1. The molecule has 0 saturated carbocycles. The zero-order valence-electron chi connectivity index (χ0n) is 7.56. The summed E-state index contributed by atoms with van der Waals surface area (Å²) in [4.78, 5) is 13.3. The summed E-state index contributed by atoms with van der Waals surface area (Å²) >= 11 is 0. The van der Waals surface area contributed by atoms with Crippen LogP contribution in [0.25, 0.3) is 22.4 Å². The summed E-state index contributed by atoms with van der Waals surface area (Å²) < 4.78 is 9.74. The van der Waals surface area contributed by atoms with Gasteiger partial charge in [0.2, 0.25) is 0 Å². The van der Waals surface area contributed by atoms with Crippen molar-refractivity contribution in [2.45, 2.75) is 0 Å². The Kier molecular flexibility index (Phi) is 1.53.